The summed E-state index contributed by atoms with van der Waals surface area (Å²) in [5, 5.41) is 11.7. The highest BCUT2D eigenvalue weighted by molar-refractivity contribution is 7.99. The molecule has 0 bridgehead atoms. The maximum absolute atomic E-state index is 11.8. The molecule has 1 aliphatic rings. The molecule has 0 saturated heterocycles. The third kappa shape index (κ3) is 2.90. The number of rotatable bonds is 3. The number of nitro groups is 1. The largest absolute Gasteiger partial charge is 0.386 e. The van der Waals surface area contributed by atoms with Crippen LogP contribution in [0.1, 0.15) is 20.7 Å². The van der Waals surface area contributed by atoms with Gasteiger partial charge in [-0.2, -0.15) is 0 Å². The Morgan fingerprint density at radius 3 is 2.43 bits per heavy atom. The van der Waals surface area contributed by atoms with E-state index in [0.29, 0.717) is 14.9 Å². The van der Waals surface area contributed by atoms with Crippen molar-refractivity contribution in [2.24, 2.45) is 0 Å². The van der Waals surface area contributed by atoms with E-state index in [4.69, 9.17) is 23.2 Å². The Morgan fingerprint density at radius 1 is 1.04 bits per heavy atom. The number of nitro benzene ring substituents is 1. The second-order valence-corrected chi connectivity index (χ2v) is 6.41. The summed E-state index contributed by atoms with van der Waals surface area (Å²) in [7, 11) is 0. The zero-order valence-electron chi connectivity index (χ0n) is 11.0. The van der Waals surface area contributed by atoms with E-state index in [0.717, 1.165) is 17.8 Å². The molecule has 0 unspecified atom stereocenters. The number of nitrogens with zero attached hydrogens (tertiary/aromatic N) is 1. The van der Waals surface area contributed by atoms with Crippen LogP contribution in [0.4, 0.5) is 5.69 Å². The van der Waals surface area contributed by atoms with Crippen LogP contribution < -0.4 is 0 Å². The number of fused-ring (bicyclic) bond motifs is 1. The maximum Gasteiger partial charge on any atom is 0.348 e. The molecule has 2 aromatic carbocycles. The average molecular weight is 370 g/mol. The van der Waals surface area contributed by atoms with Gasteiger partial charge in [-0.15, -0.1) is 0 Å². The minimum Gasteiger partial charge on any atom is -0.386 e. The van der Waals surface area contributed by atoms with Crippen molar-refractivity contribution in [1.82, 2.24) is 0 Å². The highest BCUT2D eigenvalue weighted by Crippen LogP contribution is 2.39. The van der Waals surface area contributed by atoms with Crippen molar-refractivity contribution < 1.29 is 19.2 Å². The Bertz CT molecular complexity index is 884. The predicted octanol–water partition coefficient (Wildman–Crippen LogP) is 4.36. The number of esters is 2. The smallest absolute Gasteiger partial charge is 0.348 e. The summed E-state index contributed by atoms with van der Waals surface area (Å²) in [5.41, 5.74) is -0.415. The van der Waals surface area contributed by atoms with Gasteiger partial charge in [0, 0.05) is 21.9 Å². The molecule has 0 saturated carbocycles. The summed E-state index contributed by atoms with van der Waals surface area (Å²) in [6, 6.07) is 7.01. The molecule has 0 fully saturated rings. The number of non-ortho nitro benzene ring substituents is 1. The number of cyclic esters (lactones) is 2. The molecule has 0 N–H and O–H groups in total. The summed E-state index contributed by atoms with van der Waals surface area (Å²) in [6.45, 7) is 0. The number of hydrogen-bond acceptors (Lipinski definition) is 6. The van der Waals surface area contributed by atoms with Gasteiger partial charge >= 0.3 is 11.9 Å². The number of benzene rings is 2. The quantitative estimate of drug-likeness (QED) is 0.345. The molecule has 1 aliphatic heterocycles. The van der Waals surface area contributed by atoms with Crippen LogP contribution >= 0.6 is 35.0 Å². The first-order valence-corrected chi connectivity index (χ1v) is 7.66. The number of carbonyl (C=O) groups excluding carboxylic acids is 2. The summed E-state index contributed by atoms with van der Waals surface area (Å²) in [6.07, 6.45) is 0. The topological polar surface area (TPSA) is 86.5 Å². The van der Waals surface area contributed by atoms with Crippen LogP contribution in [0.2, 0.25) is 10.0 Å². The summed E-state index contributed by atoms with van der Waals surface area (Å²) < 4.78 is 4.53. The molecule has 0 aliphatic carbocycles. The van der Waals surface area contributed by atoms with Crippen LogP contribution in [0.5, 0.6) is 0 Å². The van der Waals surface area contributed by atoms with Crippen LogP contribution in [-0.4, -0.2) is 16.9 Å². The lowest BCUT2D eigenvalue weighted by Gasteiger charge is -2.06. The van der Waals surface area contributed by atoms with Crippen molar-refractivity contribution in [2.45, 2.75) is 9.79 Å². The lowest BCUT2D eigenvalue weighted by atomic mass is 10.1. The zero-order chi connectivity index (χ0) is 16.7. The fourth-order valence-corrected chi connectivity index (χ4v) is 3.42. The van der Waals surface area contributed by atoms with Crippen LogP contribution in [0, 0.1) is 10.1 Å². The van der Waals surface area contributed by atoms with E-state index >= 15 is 0 Å². The van der Waals surface area contributed by atoms with Crippen LogP contribution in [0.3, 0.4) is 0 Å². The van der Waals surface area contributed by atoms with Gasteiger partial charge in [-0.25, -0.2) is 9.59 Å². The fraction of sp³-hybridized carbons (Fsp3) is 0. The molecule has 1 heterocycles. The van der Waals surface area contributed by atoms with Gasteiger partial charge in [0.2, 0.25) is 0 Å². The number of ether oxygens (including phenoxy) is 1. The van der Waals surface area contributed by atoms with E-state index in [-0.39, 0.29) is 21.7 Å². The van der Waals surface area contributed by atoms with E-state index in [1.165, 1.54) is 6.07 Å². The molecule has 2 aromatic rings. The van der Waals surface area contributed by atoms with E-state index in [1.54, 1.807) is 18.2 Å². The third-order valence-corrected chi connectivity index (χ3v) is 4.80. The molecule has 9 heteroatoms. The first-order valence-electron chi connectivity index (χ1n) is 6.08. The SMILES string of the molecule is O=C1OC(=O)c2c(Sc3ccc(Cl)c(Cl)c3)cc([N+](=O)[O-])cc21. The molecule has 116 valence electrons. The summed E-state index contributed by atoms with van der Waals surface area (Å²) in [4.78, 5) is 34.7. The van der Waals surface area contributed by atoms with E-state index in [2.05, 4.69) is 4.74 Å². The first kappa shape index (κ1) is 15.8. The molecule has 0 radical (unpaired) electrons. The molecule has 3 rings (SSSR count). The Hall–Kier alpha value is -2.09. The van der Waals surface area contributed by atoms with Gasteiger partial charge in [-0.1, -0.05) is 35.0 Å². The fourth-order valence-electron chi connectivity index (χ4n) is 2.02. The number of halogens is 2. The zero-order valence-corrected chi connectivity index (χ0v) is 13.4. The molecule has 0 aromatic heterocycles. The second-order valence-electron chi connectivity index (χ2n) is 4.48. The Balaban J connectivity index is 2.12. The van der Waals surface area contributed by atoms with Gasteiger partial charge in [0.05, 0.1) is 26.1 Å². The van der Waals surface area contributed by atoms with Gasteiger partial charge in [0.1, 0.15) is 0 Å². The van der Waals surface area contributed by atoms with Crippen molar-refractivity contribution in [2.75, 3.05) is 0 Å². The van der Waals surface area contributed by atoms with Gasteiger partial charge in [0.15, 0.2) is 0 Å². The predicted molar refractivity (Wildman–Crippen MR) is 83.4 cm³/mol. The average Bonchev–Trinajstić information content (AvgIpc) is 2.78. The van der Waals surface area contributed by atoms with Crippen molar-refractivity contribution in [1.29, 1.82) is 0 Å². The Kier molecular flexibility index (Phi) is 4.01. The first-order chi connectivity index (χ1) is 10.9. The highest BCUT2D eigenvalue weighted by Gasteiger charge is 2.35. The standard InChI is InChI=1S/C14H5Cl2NO5S/c15-9-2-1-7(5-10(9)16)23-11-4-6(17(20)21)3-8-12(11)14(19)22-13(8)18/h1-5H. The van der Waals surface area contributed by atoms with Crippen molar-refractivity contribution in [3.05, 3.63) is 61.6 Å². The number of carbonyl (C=O) groups is 2. The van der Waals surface area contributed by atoms with Crippen LogP contribution in [0.25, 0.3) is 0 Å². The van der Waals surface area contributed by atoms with Gasteiger partial charge in [-0.05, 0) is 18.2 Å². The molecule has 23 heavy (non-hydrogen) atoms. The van der Waals surface area contributed by atoms with Crippen LogP contribution in [-0.2, 0) is 4.74 Å². The highest BCUT2D eigenvalue weighted by atomic mass is 35.5. The molecule has 6 nitrogen and oxygen atoms in total. The summed E-state index contributed by atoms with van der Waals surface area (Å²) in [5.74, 6) is -1.73. The van der Waals surface area contributed by atoms with E-state index < -0.39 is 16.9 Å². The number of hydrogen-bond donors (Lipinski definition) is 0. The van der Waals surface area contributed by atoms with Gasteiger partial charge in [0.25, 0.3) is 5.69 Å². The van der Waals surface area contributed by atoms with E-state index in [1.807, 2.05) is 0 Å². The molecule has 0 amide bonds. The van der Waals surface area contributed by atoms with Crippen molar-refractivity contribution >= 4 is 52.6 Å². The van der Waals surface area contributed by atoms with Crippen LogP contribution in [0.15, 0.2) is 40.1 Å². The van der Waals surface area contributed by atoms with Gasteiger partial charge in [-0.3, -0.25) is 10.1 Å². The minimum absolute atomic E-state index is 0.0108. The monoisotopic (exact) mass is 369 g/mol. The van der Waals surface area contributed by atoms with E-state index in [9.17, 15) is 19.7 Å². The normalized spacial score (nSPS) is 13.0. The molecule has 0 spiro atoms. The third-order valence-electron chi connectivity index (χ3n) is 3.03. The summed E-state index contributed by atoms with van der Waals surface area (Å²) >= 11 is 12.8. The molecule has 0 atom stereocenters. The van der Waals surface area contributed by atoms with Crippen molar-refractivity contribution in [3.63, 3.8) is 0 Å². The lowest BCUT2D eigenvalue weighted by Crippen LogP contribution is -1.98. The minimum atomic E-state index is -0.898. The molecular formula is C14H5Cl2NO5S. The molecular weight excluding hydrogens is 365 g/mol. The van der Waals surface area contributed by atoms with Crippen molar-refractivity contribution in [3.8, 4) is 0 Å². The Morgan fingerprint density at radius 2 is 1.78 bits per heavy atom. The van der Waals surface area contributed by atoms with Gasteiger partial charge < -0.3 is 4.74 Å². The maximum atomic E-state index is 11.8. The Labute approximate surface area is 143 Å². The second kappa shape index (κ2) is 5.84. The lowest BCUT2D eigenvalue weighted by molar-refractivity contribution is -0.385.